The molecule has 1 aromatic carbocycles. The molecule has 23 heavy (non-hydrogen) atoms. The number of nitrogens with two attached hydrogens (primary N) is 1. The number of amides is 1. The van der Waals surface area contributed by atoms with E-state index in [1.165, 1.54) is 10.9 Å². The van der Waals surface area contributed by atoms with Gasteiger partial charge in [-0.3, -0.25) is 9.48 Å². The fraction of sp³-hybridized carbons (Fsp3) is 0.308. The normalized spacial score (nSPS) is 11.6. The number of carbonyl (C=O) groups excluding carboxylic acids is 1. The molecular formula is C13H14F2N4O3S. The number of hydrogen-bond acceptors (Lipinski definition) is 5. The van der Waals surface area contributed by atoms with Crippen LogP contribution in [-0.2, 0) is 21.2 Å². The molecule has 0 fully saturated rings. The van der Waals surface area contributed by atoms with Crippen molar-refractivity contribution in [3.63, 3.8) is 0 Å². The van der Waals surface area contributed by atoms with Gasteiger partial charge in [0.1, 0.15) is 17.3 Å². The van der Waals surface area contributed by atoms with Crippen LogP contribution >= 0.6 is 0 Å². The van der Waals surface area contributed by atoms with Gasteiger partial charge in [-0.25, -0.2) is 17.2 Å². The Balaban J connectivity index is 2.05. The first-order valence-electron chi connectivity index (χ1n) is 6.61. The van der Waals surface area contributed by atoms with Crippen LogP contribution in [0, 0.1) is 11.6 Å². The van der Waals surface area contributed by atoms with Gasteiger partial charge < -0.3 is 5.73 Å². The summed E-state index contributed by atoms with van der Waals surface area (Å²) in [6.07, 6.45) is 1.07. The van der Waals surface area contributed by atoms with Gasteiger partial charge in [0.2, 0.25) is 5.91 Å². The zero-order chi connectivity index (χ0) is 17.0. The van der Waals surface area contributed by atoms with E-state index in [0.29, 0.717) is 0 Å². The van der Waals surface area contributed by atoms with Gasteiger partial charge in [0.05, 0.1) is 24.2 Å². The molecule has 0 spiro atoms. The highest BCUT2D eigenvalue weighted by Crippen LogP contribution is 2.21. The predicted octanol–water partition coefficient (Wildman–Crippen LogP) is 0.513. The van der Waals surface area contributed by atoms with Gasteiger partial charge in [-0.15, -0.1) is 5.10 Å². The van der Waals surface area contributed by atoms with E-state index >= 15 is 0 Å². The SMILES string of the molecule is NC(=O)CCS(=O)(=O)CCn1cc(-c2cc(F)ccc2F)nn1. The van der Waals surface area contributed by atoms with Crippen LogP contribution in [0.4, 0.5) is 8.78 Å². The van der Waals surface area contributed by atoms with Crippen molar-refractivity contribution >= 4 is 15.7 Å². The molecule has 0 unspecified atom stereocenters. The van der Waals surface area contributed by atoms with Gasteiger partial charge in [0.25, 0.3) is 0 Å². The van der Waals surface area contributed by atoms with Crippen molar-refractivity contribution in [3.8, 4) is 11.3 Å². The van der Waals surface area contributed by atoms with E-state index in [2.05, 4.69) is 10.3 Å². The summed E-state index contributed by atoms with van der Waals surface area (Å²) >= 11 is 0. The fourth-order valence-electron chi connectivity index (χ4n) is 1.82. The average Bonchev–Trinajstić information content (AvgIpc) is 2.95. The number of aromatic nitrogens is 3. The van der Waals surface area contributed by atoms with E-state index in [-0.39, 0.29) is 35.7 Å². The topological polar surface area (TPSA) is 108 Å². The number of carbonyl (C=O) groups is 1. The quantitative estimate of drug-likeness (QED) is 0.787. The molecule has 0 aliphatic rings. The summed E-state index contributed by atoms with van der Waals surface area (Å²) in [6.45, 7) is -0.0228. The summed E-state index contributed by atoms with van der Waals surface area (Å²) in [5.74, 6) is -2.59. The molecule has 0 aliphatic heterocycles. The molecule has 0 bridgehead atoms. The molecule has 2 aromatic rings. The lowest BCUT2D eigenvalue weighted by Gasteiger charge is -2.02. The Morgan fingerprint density at radius 2 is 2.00 bits per heavy atom. The summed E-state index contributed by atoms with van der Waals surface area (Å²) in [5.41, 5.74) is 4.94. The smallest absolute Gasteiger partial charge is 0.218 e. The molecule has 0 saturated heterocycles. The Bertz CT molecular complexity index is 820. The monoisotopic (exact) mass is 344 g/mol. The Morgan fingerprint density at radius 1 is 1.26 bits per heavy atom. The van der Waals surface area contributed by atoms with Crippen molar-refractivity contribution in [2.45, 2.75) is 13.0 Å². The number of benzene rings is 1. The van der Waals surface area contributed by atoms with Gasteiger partial charge in [-0.1, -0.05) is 5.21 Å². The van der Waals surface area contributed by atoms with Crippen LogP contribution in [0.1, 0.15) is 6.42 Å². The van der Waals surface area contributed by atoms with Crippen LogP contribution < -0.4 is 5.73 Å². The lowest BCUT2D eigenvalue weighted by Crippen LogP contribution is -2.21. The highest BCUT2D eigenvalue weighted by Gasteiger charge is 2.15. The summed E-state index contributed by atoms with van der Waals surface area (Å²) < 4.78 is 51.4. The molecule has 1 amide bonds. The number of aryl methyl sites for hydroxylation is 1. The number of hydrogen-bond donors (Lipinski definition) is 1. The Kier molecular flexibility index (Phi) is 5.04. The molecule has 2 rings (SSSR count). The number of sulfone groups is 1. The van der Waals surface area contributed by atoms with E-state index in [1.54, 1.807) is 0 Å². The number of halogens is 2. The Hall–Kier alpha value is -2.36. The van der Waals surface area contributed by atoms with Gasteiger partial charge >= 0.3 is 0 Å². The third-order valence-electron chi connectivity index (χ3n) is 3.03. The molecule has 124 valence electrons. The van der Waals surface area contributed by atoms with Gasteiger partial charge in [-0.05, 0) is 18.2 Å². The van der Waals surface area contributed by atoms with Crippen molar-refractivity contribution in [2.75, 3.05) is 11.5 Å². The largest absolute Gasteiger partial charge is 0.370 e. The minimum Gasteiger partial charge on any atom is -0.370 e. The average molecular weight is 344 g/mol. The highest BCUT2D eigenvalue weighted by molar-refractivity contribution is 7.91. The lowest BCUT2D eigenvalue weighted by molar-refractivity contribution is -0.117. The lowest BCUT2D eigenvalue weighted by atomic mass is 10.1. The molecule has 0 saturated carbocycles. The second kappa shape index (κ2) is 6.82. The molecule has 0 aliphatic carbocycles. The summed E-state index contributed by atoms with van der Waals surface area (Å²) in [6, 6.07) is 2.93. The van der Waals surface area contributed by atoms with Crippen LogP contribution in [0.5, 0.6) is 0 Å². The molecule has 0 atom stereocenters. The molecule has 0 radical (unpaired) electrons. The van der Waals surface area contributed by atoms with Crippen LogP contribution in [0.2, 0.25) is 0 Å². The second-order valence-corrected chi connectivity index (χ2v) is 7.16. The number of primary amides is 1. The summed E-state index contributed by atoms with van der Waals surface area (Å²) in [7, 11) is -3.47. The first kappa shape index (κ1) is 17.0. The maximum absolute atomic E-state index is 13.6. The Morgan fingerprint density at radius 3 is 2.70 bits per heavy atom. The van der Waals surface area contributed by atoms with Crippen molar-refractivity contribution in [2.24, 2.45) is 5.73 Å². The standard InChI is InChI=1S/C13H14F2N4O3S/c14-9-1-2-11(15)10(7-9)12-8-19(18-17-12)4-6-23(21,22)5-3-13(16)20/h1-2,7-8H,3-6H2,(H2,16,20). The number of nitrogens with zero attached hydrogens (tertiary/aromatic N) is 3. The van der Waals surface area contributed by atoms with Gasteiger partial charge in [0, 0.05) is 12.0 Å². The first-order valence-corrected chi connectivity index (χ1v) is 8.43. The van der Waals surface area contributed by atoms with Gasteiger partial charge in [-0.2, -0.15) is 0 Å². The molecule has 10 heteroatoms. The molecule has 2 N–H and O–H groups in total. The summed E-state index contributed by atoms with van der Waals surface area (Å²) in [5, 5.41) is 7.38. The van der Waals surface area contributed by atoms with E-state index in [0.717, 1.165) is 18.2 Å². The maximum Gasteiger partial charge on any atom is 0.218 e. The van der Waals surface area contributed by atoms with Crippen LogP contribution in [0.3, 0.4) is 0 Å². The Labute approximate surface area is 131 Å². The van der Waals surface area contributed by atoms with Crippen molar-refractivity contribution in [1.82, 2.24) is 15.0 Å². The fourth-order valence-corrected chi connectivity index (χ4v) is 3.00. The second-order valence-electron chi connectivity index (χ2n) is 4.86. The van der Waals surface area contributed by atoms with Gasteiger partial charge in [0.15, 0.2) is 9.84 Å². The van der Waals surface area contributed by atoms with Crippen molar-refractivity contribution in [1.29, 1.82) is 0 Å². The van der Waals surface area contributed by atoms with Crippen molar-refractivity contribution < 1.29 is 22.0 Å². The van der Waals surface area contributed by atoms with Crippen LogP contribution in [0.15, 0.2) is 24.4 Å². The minimum atomic E-state index is -3.47. The molecule has 1 aromatic heterocycles. The maximum atomic E-state index is 13.6. The third kappa shape index (κ3) is 4.81. The predicted molar refractivity (Wildman–Crippen MR) is 77.8 cm³/mol. The van der Waals surface area contributed by atoms with E-state index < -0.39 is 27.4 Å². The van der Waals surface area contributed by atoms with E-state index in [4.69, 9.17) is 5.73 Å². The van der Waals surface area contributed by atoms with E-state index in [1.807, 2.05) is 0 Å². The molecular weight excluding hydrogens is 330 g/mol. The zero-order valence-corrected chi connectivity index (χ0v) is 12.8. The van der Waals surface area contributed by atoms with Crippen LogP contribution in [0.25, 0.3) is 11.3 Å². The van der Waals surface area contributed by atoms with E-state index in [9.17, 15) is 22.0 Å². The minimum absolute atomic E-state index is 0.0228. The van der Waals surface area contributed by atoms with Crippen molar-refractivity contribution in [3.05, 3.63) is 36.0 Å². The van der Waals surface area contributed by atoms with Crippen LogP contribution in [-0.4, -0.2) is 40.8 Å². The highest BCUT2D eigenvalue weighted by atomic mass is 32.2. The first-order chi connectivity index (χ1) is 10.8. The zero-order valence-electron chi connectivity index (χ0n) is 11.9. The summed E-state index contributed by atoms with van der Waals surface area (Å²) in [4.78, 5) is 10.6. The number of rotatable bonds is 7. The third-order valence-corrected chi connectivity index (χ3v) is 4.66. The molecule has 7 nitrogen and oxygen atoms in total. The molecule has 1 heterocycles.